The van der Waals surface area contributed by atoms with Crippen molar-refractivity contribution in [3.63, 3.8) is 0 Å². The maximum Gasteiger partial charge on any atom is 0.339 e. The molecule has 6 N–H and O–H groups in total. The first-order valence-electron chi connectivity index (χ1n) is 10.4. The van der Waals surface area contributed by atoms with Crippen LogP contribution in [0.4, 0.5) is 0 Å². The predicted molar refractivity (Wildman–Crippen MR) is 130 cm³/mol. The lowest BCUT2D eigenvalue weighted by atomic mass is 9.87. The van der Waals surface area contributed by atoms with Crippen molar-refractivity contribution >= 4 is 52.6 Å². The SMILES string of the molecule is NCCOC(=O)C1(Cl)C=CC(c2ccccc2Cl)=CC1NC(=O)c1cc(O)c(C(=O)O)cc1C(=O)O. The van der Waals surface area contributed by atoms with Gasteiger partial charge in [-0.1, -0.05) is 53.6 Å². The molecule has 0 aliphatic heterocycles. The molecule has 12 heteroatoms. The molecule has 1 aliphatic carbocycles. The topological polar surface area (TPSA) is 176 Å². The Bertz CT molecular complexity index is 1310. The van der Waals surface area contributed by atoms with Crippen LogP contribution in [0.1, 0.15) is 36.6 Å². The monoisotopic (exact) mass is 534 g/mol. The van der Waals surface area contributed by atoms with Crippen LogP contribution in [0.15, 0.2) is 54.6 Å². The number of aromatic carboxylic acids is 2. The minimum atomic E-state index is -1.94. The molecule has 0 bridgehead atoms. The number of aromatic hydroxyl groups is 1. The molecule has 0 fully saturated rings. The van der Waals surface area contributed by atoms with E-state index in [9.17, 15) is 29.4 Å². The van der Waals surface area contributed by atoms with Crippen molar-refractivity contribution in [2.75, 3.05) is 13.2 Å². The Balaban J connectivity index is 2.07. The highest BCUT2D eigenvalue weighted by atomic mass is 35.5. The van der Waals surface area contributed by atoms with Gasteiger partial charge in [0.05, 0.1) is 17.2 Å². The number of nitrogens with one attached hydrogen (secondary N) is 1. The Morgan fingerprint density at radius 3 is 2.33 bits per heavy atom. The zero-order valence-corrected chi connectivity index (χ0v) is 19.9. The van der Waals surface area contributed by atoms with Crippen LogP contribution in [0.25, 0.3) is 5.57 Å². The Morgan fingerprint density at radius 2 is 1.72 bits per heavy atom. The summed E-state index contributed by atoms with van der Waals surface area (Å²) in [6, 6.07) is 6.88. The van der Waals surface area contributed by atoms with Crippen molar-refractivity contribution in [3.05, 3.63) is 81.9 Å². The van der Waals surface area contributed by atoms with E-state index < -0.39 is 57.2 Å². The largest absolute Gasteiger partial charge is 0.507 e. The van der Waals surface area contributed by atoms with Crippen molar-refractivity contribution in [1.82, 2.24) is 5.32 Å². The number of hydrogen-bond donors (Lipinski definition) is 5. The van der Waals surface area contributed by atoms with Crippen LogP contribution < -0.4 is 11.1 Å². The van der Waals surface area contributed by atoms with Crippen LogP contribution >= 0.6 is 23.2 Å². The number of halogens is 2. The first-order chi connectivity index (χ1) is 17.0. The van der Waals surface area contributed by atoms with Crippen LogP contribution in [0.3, 0.4) is 0 Å². The van der Waals surface area contributed by atoms with Gasteiger partial charge in [-0.3, -0.25) is 4.79 Å². The number of carboxylic acids is 2. The maximum absolute atomic E-state index is 13.2. The average Bonchev–Trinajstić information content (AvgIpc) is 2.83. The van der Waals surface area contributed by atoms with Gasteiger partial charge in [-0.25, -0.2) is 14.4 Å². The summed E-state index contributed by atoms with van der Waals surface area (Å²) in [4.78, 5) is 47.0. The van der Waals surface area contributed by atoms with E-state index in [0.717, 1.165) is 0 Å². The Kier molecular flexibility index (Phi) is 8.03. The highest BCUT2D eigenvalue weighted by molar-refractivity contribution is 6.37. The van der Waals surface area contributed by atoms with Crippen LogP contribution in [0, 0.1) is 0 Å². The van der Waals surface area contributed by atoms with Gasteiger partial charge in [-0.2, -0.15) is 0 Å². The van der Waals surface area contributed by atoms with Crippen LogP contribution in [-0.4, -0.2) is 63.2 Å². The highest BCUT2D eigenvalue weighted by Crippen LogP contribution is 2.36. The molecule has 0 aromatic heterocycles. The van der Waals surface area contributed by atoms with Gasteiger partial charge in [0, 0.05) is 17.1 Å². The molecule has 0 radical (unpaired) electrons. The zero-order valence-electron chi connectivity index (χ0n) is 18.4. The summed E-state index contributed by atoms with van der Waals surface area (Å²) >= 11 is 12.9. The number of phenols is 1. The van der Waals surface area contributed by atoms with Gasteiger partial charge in [0.2, 0.25) is 0 Å². The molecule has 0 heterocycles. The number of amides is 1. The fraction of sp³-hybridized carbons (Fsp3) is 0.167. The number of nitrogens with two attached hydrogens (primary N) is 1. The second-order valence-electron chi connectivity index (χ2n) is 7.60. The zero-order chi connectivity index (χ0) is 26.6. The van der Waals surface area contributed by atoms with Crippen molar-refractivity contribution < 1.29 is 39.2 Å². The molecule has 188 valence electrons. The fourth-order valence-electron chi connectivity index (χ4n) is 3.49. The predicted octanol–water partition coefficient (Wildman–Crippen LogP) is 2.67. The third-order valence-electron chi connectivity index (χ3n) is 5.28. The highest BCUT2D eigenvalue weighted by Gasteiger charge is 2.45. The molecule has 10 nitrogen and oxygen atoms in total. The standard InChI is InChI=1S/C24H20Cl2N2O8/c25-17-4-2-1-3-13(17)12-5-6-24(26,23(35)36-8-7-27)19(9-12)28-20(30)14-11-18(29)16(22(33)34)10-15(14)21(31)32/h1-6,9-11,19,29H,7-8,27H2,(H,28,30)(H,31,32)(H,33,34). The molecule has 2 atom stereocenters. The molecular formula is C24H20Cl2N2O8. The smallest absolute Gasteiger partial charge is 0.339 e. The molecule has 1 amide bonds. The summed E-state index contributed by atoms with van der Waals surface area (Å²) in [7, 11) is 0. The number of allylic oxidation sites excluding steroid dienone is 2. The number of carboxylic acid groups (broad SMARTS) is 2. The second kappa shape index (κ2) is 10.8. The van der Waals surface area contributed by atoms with E-state index in [1.54, 1.807) is 24.3 Å². The van der Waals surface area contributed by atoms with Crippen LogP contribution in [0.5, 0.6) is 5.75 Å². The number of ether oxygens (including phenoxy) is 1. The third-order valence-corrected chi connectivity index (χ3v) is 6.13. The van der Waals surface area contributed by atoms with E-state index in [1.165, 1.54) is 18.2 Å². The summed E-state index contributed by atoms with van der Waals surface area (Å²) < 4.78 is 5.09. The molecule has 36 heavy (non-hydrogen) atoms. The Morgan fingerprint density at radius 1 is 1.06 bits per heavy atom. The third kappa shape index (κ3) is 5.35. The van der Waals surface area contributed by atoms with Gasteiger partial charge in [0.15, 0.2) is 4.87 Å². The summed E-state index contributed by atoms with van der Waals surface area (Å²) in [6.45, 7) is -0.117. The van der Waals surface area contributed by atoms with Crippen molar-refractivity contribution in [2.24, 2.45) is 5.73 Å². The fourth-order valence-corrected chi connectivity index (χ4v) is 3.97. The van der Waals surface area contributed by atoms with Gasteiger partial charge in [0.25, 0.3) is 5.91 Å². The van der Waals surface area contributed by atoms with Gasteiger partial charge in [0.1, 0.15) is 17.9 Å². The van der Waals surface area contributed by atoms with E-state index in [1.807, 2.05) is 0 Å². The van der Waals surface area contributed by atoms with Gasteiger partial charge in [-0.05, 0) is 29.8 Å². The van der Waals surface area contributed by atoms with E-state index >= 15 is 0 Å². The Hall–Kier alpha value is -3.86. The Labute approximate surface area is 214 Å². The van der Waals surface area contributed by atoms with Gasteiger partial charge < -0.3 is 31.1 Å². The lowest BCUT2D eigenvalue weighted by Crippen LogP contribution is -2.53. The lowest BCUT2D eigenvalue weighted by Gasteiger charge is -2.33. The molecule has 0 saturated heterocycles. The number of rotatable bonds is 8. The molecule has 2 aromatic carbocycles. The molecule has 0 spiro atoms. The van der Waals surface area contributed by atoms with Gasteiger partial charge >= 0.3 is 17.9 Å². The maximum atomic E-state index is 13.2. The molecule has 2 unspecified atom stereocenters. The van der Waals surface area contributed by atoms with E-state index in [4.69, 9.17) is 38.8 Å². The molecule has 0 saturated carbocycles. The lowest BCUT2D eigenvalue weighted by molar-refractivity contribution is -0.145. The summed E-state index contributed by atoms with van der Waals surface area (Å²) in [5.41, 5.74) is 4.51. The van der Waals surface area contributed by atoms with Crippen molar-refractivity contribution in [1.29, 1.82) is 0 Å². The quantitative estimate of drug-likeness (QED) is 0.251. The van der Waals surface area contributed by atoms with Gasteiger partial charge in [-0.15, -0.1) is 0 Å². The number of carbonyl (C=O) groups is 4. The minimum Gasteiger partial charge on any atom is -0.507 e. The normalized spacial score (nSPS) is 18.8. The number of alkyl halides is 1. The number of carbonyl (C=O) groups excluding carboxylic acids is 2. The average molecular weight is 535 g/mol. The minimum absolute atomic E-state index is 0.0251. The summed E-state index contributed by atoms with van der Waals surface area (Å²) in [6.07, 6.45) is 4.28. The molecular weight excluding hydrogens is 515 g/mol. The van der Waals surface area contributed by atoms with Crippen molar-refractivity contribution in [2.45, 2.75) is 10.9 Å². The molecule has 2 aromatic rings. The molecule has 3 rings (SSSR count). The number of hydrogen-bond acceptors (Lipinski definition) is 7. The van der Waals surface area contributed by atoms with E-state index in [-0.39, 0.29) is 13.2 Å². The number of benzene rings is 2. The molecule has 1 aliphatic rings. The summed E-state index contributed by atoms with van der Waals surface area (Å²) in [5.74, 6) is -6.00. The second-order valence-corrected chi connectivity index (χ2v) is 8.64. The first-order valence-corrected chi connectivity index (χ1v) is 11.1. The first kappa shape index (κ1) is 26.7. The number of esters is 1. The van der Waals surface area contributed by atoms with Crippen LogP contribution in [0.2, 0.25) is 5.02 Å². The van der Waals surface area contributed by atoms with E-state index in [0.29, 0.717) is 28.3 Å². The van der Waals surface area contributed by atoms with E-state index in [2.05, 4.69) is 5.32 Å². The van der Waals surface area contributed by atoms with Crippen LogP contribution in [-0.2, 0) is 9.53 Å². The van der Waals surface area contributed by atoms with Crippen molar-refractivity contribution in [3.8, 4) is 5.75 Å². The summed E-state index contributed by atoms with van der Waals surface area (Å²) in [5, 5.41) is 31.6.